The van der Waals surface area contributed by atoms with Gasteiger partial charge in [-0.2, -0.15) is 0 Å². The lowest BCUT2D eigenvalue weighted by Crippen LogP contribution is -2.63. The summed E-state index contributed by atoms with van der Waals surface area (Å²) in [6, 6.07) is 6.30. The number of halogens is 1. The van der Waals surface area contributed by atoms with Gasteiger partial charge in [0.2, 0.25) is 0 Å². The number of benzene rings is 1. The summed E-state index contributed by atoms with van der Waals surface area (Å²) in [5.74, 6) is 1.08. The van der Waals surface area contributed by atoms with Gasteiger partial charge in [-0.05, 0) is 80.0 Å². The number of rotatable bonds is 1. The molecule has 0 amide bonds. The largest absolute Gasteiger partial charge is 0.497 e. The van der Waals surface area contributed by atoms with E-state index in [0.29, 0.717) is 0 Å². The molecule has 26 heavy (non-hydrogen) atoms. The van der Waals surface area contributed by atoms with Crippen molar-refractivity contribution in [1.82, 2.24) is 0 Å². The van der Waals surface area contributed by atoms with Crippen LogP contribution in [0.4, 0.5) is 0 Å². The maximum Gasteiger partial charge on any atom is 0.119 e. The molecule has 0 radical (unpaired) electrons. The van der Waals surface area contributed by atoms with Crippen molar-refractivity contribution >= 4 is 22.6 Å². The minimum atomic E-state index is -0.723. The molecule has 0 spiro atoms. The number of aliphatic hydroxyl groups excluding tert-OH is 1. The Morgan fingerprint density at radius 2 is 1.96 bits per heavy atom. The zero-order chi connectivity index (χ0) is 19.2. The minimum Gasteiger partial charge on any atom is -0.497 e. The van der Waals surface area contributed by atoms with Crippen LogP contribution in [0.25, 0.3) is 0 Å². The Morgan fingerprint density at radius 1 is 1.27 bits per heavy atom. The predicted molar refractivity (Wildman–Crippen MR) is 114 cm³/mol. The number of methoxy groups -OCH3 is 1. The molecule has 3 aliphatic rings. The lowest BCUT2D eigenvalue weighted by atomic mass is 9.53. The second kappa shape index (κ2) is 7.10. The van der Waals surface area contributed by atoms with E-state index in [-0.39, 0.29) is 20.9 Å². The van der Waals surface area contributed by atoms with E-state index in [1.54, 1.807) is 13.2 Å². The summed E-state index contributed by atoms with van der Waals surface area (Å²) >= 11 is 2.52. The molecule has 5 atom stereocenters. The summed E-state index contributed by atoms with van der Waals surface area (Å²) in [6.07, 6.45) is 6.81. The van der Waals surface area contributed by atoms with Gasteiger partial charge in [-0.1, -0.05) is 41.7 Å². The SMILES string of the molecule is C=CC.COc1ccc2c(c1)CCC1(O)C3CCC(O)C3(C)CCC21I. The summed E-state index contributed by atoms with van der Waals surface area (Å²) in [5, 5.41) is 22.3. The lowest BCUT2D eigenvalue weighted by molar-refractivity contribution is -0.144. The van der Waals surface area contributed by atoms with Crippen molar-refractivity contribution in [3.05, 3.63) is 42.0 Å². The molecule has 3 nitrogen and oxygen atoms in total. The average Bonchev–Trinajstić information content (AvgIpc) is 2.93. The average molecular weight is 470 g/mol. The minimum absolute atomic E-state index is 0.132. The fourth-order valence-corrected chi connectivity index (χ4v) is 7.07. The van der Waals surface area contributed by atoms with Crippen molar-refractivity contribution in [3.8, 4) is 5.75 Å². The maximum atomic E-state index is 11.8. The number of hydrogen-bond acceptors (Lipinski definition) is 3. The molecule has 4 rings (SSSR count). The van der Waals surface area contributed by atoms with Gasteiger partial charge >= 0.3 is 0 Å². The molecular weight excluding hydrogens is 439 g/mol. The lowest BCUT2D eigenvalue weighted by Gasteiger charge is -2.59. The molecule has 0 aliphatic heterocycles. The normalized spacial score (nSPS) is 40.4. The first-order valence-electron chi connectivity index (χ1n) is 9.60. The molecule has 144 valence electrons. The third-order valence-corrected chi connectivity index (χ3v) is 9.13. The molecule has 5 unspecified atom stereocenters. The van der Waals surface area contributed by atoms with Gasteiger partial charge in [-0.15, -0.1) is 6.58 Å². The number of allylic oxidation sites excluding steroid dienone is 1. The molecule has 0 aromatic heterocycles. The number of hydrogen-bond donors (Lipinski definition) is 2. The van der Waals surface area contributed by atoms with Crippen LogP contribution in [0.2, 0.25) is 0 Å². The molecule has 2 saturated carbocycles. The molecule has 0 bridgehead atoms. The first kappa shape index (κ1) is 20.2. The molecule has 0 heterocycles. The molecule has 0 saturated heterocycles. The molecule has 2 fully saturated rings. The van der Waals surface area contributed by atoms with Crippen molar-refractivity contribution in [3.63, 3.8) is 0 Å². The molecule has 3 aliphatic carbocycles. The van der Waals surface area contributed by atoms with Crippen molar-refractivity contribution < 1.29 is 14.9 Å². The Hall–Kier alpha value is -0.590. The highest BCUT2D eigenvalue weighted by Crippen LogP contribution is 2.67. The van der Waals surface area contributed by atoms with Gasteiger partial charge < -0.3 is 14.9 Å². The second-order valence-electron chi connectivity index (χ2n) is 8.31. The number of aliphatic hydroxyl groups is 2. The topological polar surface area (TPSA) is 49.7 Å². The van der Waals surface area contributed by atoms with Crippen molar-refractivity contribution in [2.75, 3.05) is 7.11 Å². The van der Waals surface area contributed by atoms with Crippen LogP contribution < -0.4 is 4.74 Å². The molecule has 1 aromatic rings. The second-order valence-corrected chi connectivity index (χ2v) is 10.1. The number of aryl methyl sites for hydroxylation is 1. The highest BCUT2D eigenvalue weighted by atomic mass is 127. The Morgan fingerprint density at radius 3 is 2.62 bits per heavy atom. The van der Waals surface area contributed by atoms with Crippen LogP contribution in [0, 0.1) is 11.3 Å². The number of ether oxygens (including phenoxy) is 1. The monoisotopic (exact) mass is 470 g/mol. The fourth-order valence-electron chi connectivity index (χ4n) is 5.63. The van der Waals surface area contributed by atoms with Crippen LogP contribution in [0.1, 0.15) is 57.1 Å². The van der Waals surface area contributed by atoms with Crippen molar-refractivity contribution in [2.45, 2.75) is 67.5 Å². The van der Waals surface area contributed by atoms with Crippen LogP contribution in [0.15, 0.2) is 30.9 Å². The van der Waals surface area contributed by atoms with Gasteiger partial charge in [0.15, 0.2) is 0 Å². The van der Waals surface area contributed by atoms with E-state index in [4.69, 9.17) is 4.74 Å². The van der Waals surface area contributed by atoms with Gasteiger partial charge in [0.1, 0.15) is 5.75 Å². The van der Waals surface area contributed by atoms with Crippen molar-refractivity contribution in [2.24, 2.45) is 11.3 Å². The van der Waals surface area contributed by atoms with Crippen LogP contribution >= 0.6 is 22.6 Å². The molecule has 1 aromatic carbocycles. The third kappa shape index (κ3) is 2.75. The highest BCUT2D eigenvalue weighted by Gasteiger charge is 2.67. The Bertz CT molecular complexity index is 690. The quantitative estimate of drug-likeness (QED) is 0.353. The summed E-state index contributed by atoms with van der Waals surface area (Å²) in [6.45, 7) is 7.44. The summed E-state index contributed by atoms with van der Waals surface area (Å²) in [7, 11) is 1.70. The Balaban J connectivity index is 0.000000613. The first-order chi connectivity index (χ1) is 12.3. The summed E-state index contributed by atoms with van der Waals surface area (Å²) in [4.78, 5) is 0. The van der Waals surface area contributed by atoms with E-state index < -0.39 is 5.60 Å². The van der Waals surface area contributed by atoms with Crippen LogP contribution in [-0.2, 0) is 9.84 Å². The van der Waals surface area contributed by atoms with Crippen molar-refractivity contribution in [1.29, 1.82) is 0 Å². The highest BCUT2D eigenvalue weighted by molar-refractivity contribution is 14.1. The third-order valence-electron chi connectivity index (χ3n) is 7.07. The van der Waals surface area contributed by atoms with Gasteiger partial charge in [0, 0.05) is 0 Å². The van der Waals surface area contributed by atoms with E-state index in [2.05, 4.69) is 48.2 Å². The maximum absolute atomic E-state index is 11.8. The van der Waals surface area contributed by atoms with E-state index >= 15 is 0 Å². The molecule has 4 heteroatoms. The zero-order valence-electron chi connectivity index (χ0n) is 16.1. The Labute approximate surface area is 171 Å². The zero-order valence-corrected chi connectivity index (χ0v) is 18.3. The predicted octanol–water partition coefficient (Wildman–Crippen LogP) is 4.77. The van der Waals surface area contributed by atoms with E-state index in [1.807, 2.05) is 13.0 Å². The smallest absolute Gasteiger partial charge is 0.119 e. The standard InChI is InChI=1S/C19H25IO3.C3H6/c1-17-9-10-18(20)14-4-3-13(23-2)11-12(14)7-8-19(18,22)15(17)5-6-16(17)21;1-3-2/h3-4,11,15-16,21-22H,5-10H2,1-2H3;3H,1H2,2H3. The van der Waals surface area contributed by atoms with Crippen LogP contribution in [0.5, 0.6) is 5.75 Å². The summed E-state index contributed by atoms with van der Waals surface area (Å²) < 4.78 is 5.12. The van der Waals surface area contributed by atoms with E-state index in [9.17, 15) is 10.2 Å². The van der Waals surface area contributed by atoms with Gasteiger partial charge in [-0.3, -0.25) is 0 Å². The van der Waals surface area contributed by atoms with E-state index in [0.717, 1.165) is 44.3 Å². The number of alkyl halides is 1. The Kier molecular flexibility index (Phi) is 5.50. The fraction of sp³-hybridized carbons (Fsp3) is 0.636. The van der Waals surface area contributed by atoms with E-state index in [1.165, 1.54) is 11.1 Å². The summed E-state index contributed by atoms with van der Waals surface area (Å²) in [5.41, 5.74) is 1.73. The van der Waals surface area contributed by atoms with Gasteiger partial charge in [0.25, 0.3) is 0 Å². The first-order valence-corrected chi connectivity index (χ1v) is 10.7. The molecule has 2 N–H and O–H groups in total. The molecular formula is C22H31IO3. The van der Waals surface area contributed by atoms with Gasteiger partial charge in [0.05, 0.1) is 22.2 Å². The van der Waals surface area contributed by atoms with Crippen LogP contribution in [-0.4, -0.2) is 29.0 Å². The van der Waals surface area contributed by atoms with Crippen LogP contribution in [0.3, 0.4) is 0 Å². The number of fused-ring (bicyclic) bond motifs is 5. The van der Waals surface area contributed by atoms with Gasteiger partial charge in [-0.25, -0.2) is 0 Å².